The van der Waals surface area contributed by atoms with Gasteiger partial charge in [0, 0.05) is 10.6 Å². The molecule has 0 spiro atoms. The van der Waals surface area contributed by atoms with E-state index < -0.39 is 0 Å². The Labute approximate surface area is 167 Å². The summed E-state index contributed by atoms with van der Waals surface area (Å²) >= 11 is 1.30. The molecule has 1 aliphatic heterocycles. The maximum atomic E-state index is 13.2. The van der Waals surface area contributed by atoms with Crippen LogP contribution >= 0.6 is 11.8 Å². The van der Waals surface area contributed by atoms with E-state index in [-0.39, 0.29) is 11.8 Å². The van der Waals surface area contributed by atoms with Gasteiger partial charge in [0.1, 0.15) is 10.6 Å². The van der Waals surface area contributed by atoms with E-state index in [0.29, 0.717) is 16.3 Å². The molecule has 0 aromatic heterocycles. The number of nitrogens with one attached hydrogen (secondary N) is 1. The van der Waals surface area contributed by atoms with Gasteiger partial charge in [-0.25, -0.2) is 4.90 Å². The fraction of sp³-hybridized carbons (Fsp3) is 0.0435. The van der Waals surface area contributed by atoms with Crippen molar-refractivity contribution in [3.8, 4) is 0 Å². The van der Waals surface area contributed by atoms with Gasteiger partial charge >= 0.3 is 0 Å². The number of para-hydroxylation sites is 2. The summed E-state index contributed by atoms with van der Waals surface area (Å²) in [6.45, 7) is 2.01. The molecular formula is C23H18N2O2S. The van der Waals surface area contributed by atoms with Crippen molar-refractivity contribution in [1.29, 1.82) is 0 Å². The zero-order valence-corrected chi connectivity index (χ0v) is 16.1. The van der Waals surface area contributed by atoms with Crippen LogP contribution in [0.3, 0.4) is 0 Å². The number of thioether (sulfide) groups is 1. The molecule has 0 saturated carbocycles. The summed E-state index contributed by atoms with van der Waals surface area (Å²) in [5, 5.41) is 3.15. The lowest BCUT2D eigenvalue weighted by molar-refractivity contribution is -0.120. The third-order valence-electron chi connectivity index (χ3n) is 4.34. The van der Waals surface area contributed by atoms with Crippen LogP contribution in [0.5, 0.6) is 0 Å². The first kappa shape index (κ1) is 18.1. The van der Waals surface area contributed by atoms with Crippen molar-refractivity contribution >= 4 is 35.0 Å². The van der Waals surface area contributed by atoms with E-state index in [1.54, 1.807) is 12.1 Å². The summed E-state index contributed by atoms with van der Waals surface area (Å²) in [4.78, 5) is 28.8. The van der Waals surface area contributed by atoms with Crippen LogP contribution in [0.2, 0.25) is 0 Å². The number of nitrogens with zero attached hydrogens (tertiary/aromatic N) is 1. The van der Waals surface area contributed by atoms with Crippen molar-refractivity contribution < 1.29 is 9.59 Å². The SMILES string of the molecule is Cc1ccc(SC2=C(Nc3ccccc3)C(=O)N(c3ccccc3)C2=O)cc1. The molecule has 0 atom stereocenters. The second-order valence-corrected chi connectivity index (χ2v) is 7.48. The molecule has 138 valence electrons. The van der Waals surface area contributed by atoms with Crippen LogP contribution in [-0.2, 0) is 9.59 Å². The summed E-state index contributed by atoms with van der Waals surface area (Å²) in [6.07, 6.45) is 0. The van der Waals surface area contributed by atoms with Gasteiger partial charge in [-0.2, -0.15) is 0 Å². The molecule has 28 heavy (non-hydrogen) atoms. The lowest BCUT2D eigenvalue weighted by Gasteiger charge is -2.15. The van der Waals surface area contributed by atoms with E-state index in [9.17, 15) is 9.59 Å². The zero-order valence-electron chi connectivity index (χ0n) is 15.3. The Balaban J connectivity index is 1.73. The summed E-state index contributed by atoms with van der Waals surface area (Å²) in [5.74, 6) is -0.671. The number of carbonyl (C=O) groups is 2. The fourth-order valence-corrected chi connectivity index (χ4v) is 3.84. The minimum absolute atomic E-state index is 0.297. The van der Waals surface area contributed by atoms with E-state index in [1.165, 1.54) is 16.7 Å². The number of rotatable bonds is 5. The van der Waals surface area contributed by atoms with Crippen LogP contribution in [0.15, 0.2) is 100 Å². The number of aryl methyl sites for hydroxylation is 1. The van der Waals surface area contributed by atoms with Crippen molar-refractivity contribution in [3.05, 3.63) is 101 Å². The molecule has 2 amide bonds. The molecule has 1 N–H and O–H groups in total. The molecule has 1 aliphatic rings. The minimum Gasteiger partial charge on any atom is -0.350 e. The first-order valence-corrected chi connectivity index (χ1v) is 9.70. The third-order valence-corrected chi connectivity index (χ3v) is 5.43. The van der Waals surface area contributed by atoms with Gasteiger partial charge in [0.25, 0.3) is 11.8 Å². The van der Waals surface area contributed by atoms with Crippen LogP contribution in [0.25, 0.3) is 0 Å². The largest absolute Gasteiger partial charge is 0.350 e. The molecule has 0 radical (unpaired) electrons. The van der Waals surface area contributed by atoms with Crippen molar-refractivity contribution in [2.75, 3.05) is 10.2 Å². The predicted molar refractivity (Wildman–Crippen MR) is 113 cm³/mol. The molecule has 4 rings (SSSR count). The molecule has 5 heteroatoms. The van der Waals surface area contributed by atoms with Crippen LogP contribution in [0.4, 0.5) is 11.4 Å². The van der Waals surface area contributed by atoms with E-state index in [4.69, 9.17) is 0 Å². The maximum absolute atomic E-state index is 13.2. The second-order valence-electron chi connectivity index (χ2n) is 6.39. The highest BCUT2D eigenvalue weighted by Gasteiger charge is 2.40. The number of benzene rings is 3. The van der Waals surface area contributed by atoms with E-state index >= 15 is 0 Å². The van der Waals surface area contributed by atoms with Gasteiger partial charge in [-0.05, 0) is 43.3 Å². The lowest BCUT2D eigenvalue weighted by Crippen LogP contribution is -2.32. The predicted octanol–water partition coefficient (Wildman–Crippen LogP) is 4.98. The highest BCUT2D eigenvalue weighted by molar-refractivity contribution is 8.04. The highest BCUT2D eigenvalue weighted by Crippen LogP contribution is 2.37. The summed E-state index contributed by atoms with van der Waals surface area (Å²) in [7, 11) is 0. The monoisotopic (exact) mass is 386 g/mol. The smallest absolute Gasteiger partial charge is 0.283 e. The second kappa shape index (κ2) is 7.74. The Morgan fingerprint density at radius 2 is 1.36 bits per heavy atom. The lowest BCUT2D eigenvalue weighted by atomic mass is 10.2. The van der Waals surface area contributed by atoms with Crippen molar-refractivity contribution in [3.63, 3.8) is 0 Å². The van der Waals surface area contributed by atoms with E-state index in [0.717, 1.165) is 16.1 Å². The Hall–Kier alpha value is -3.31. The van der Waals surface area contributed by atoms with Gasteiger partial charge in [-0.1, -0.05) is 65.9 Å². The molecule has 0 aliphatic carbocycles. The van der Waals surface area contributed by atoms with Crippen molar-refractivity contribution in [2.45, 2.75) is 11.8 Å². The third kappa shape index (κ3) is 3.57. The first-order valence-electron chi connectivity index (χ1n) is 8.88. The Morgan fingerprint density at radius 1 is 0.750 bits per heavy atom. The quantitative estimate of drug-likeness (QED) is 0.628. The number of hydrogen-bond donors (Lipinski definition) is 1. The summed E-state index contributed by atoms with van der Waals surface area (Å²) < 4.78 is 0. The molecule has 1 heterocycles. The Morgan fingerprint density at radius 3 is 2.00 bits per heavy atom. The number of anilines is 2. The molecule has 3 aromatic rings. The number of carbonyl (C=O) groups excluding carboxylic acids is 2. The average molecular weight is 386 g/mol. The van der Waals surface area contributed by atoms with Crippen LogP contribution in [0.1, 0.15) is 5.56 Å². The Kier molecular flexibility index (Phi) is 5.00. The van der Waals surface area contributed by atoms with Crippen molar-refractivity contribution in [2.24, 2.45) is 0 Å². The molecule has 4 nitrogen and oxygen atoms in total. The van der Waals surface area contributed by atoms with Gasteiger partial charge in [-0.3, -0.25) is 9.59 Å². The fourth-order valence-electron chi connectivity index (χ4n) is 2.92. The minimum atomic E-state index is -0.352. The molecule has 0 saturated heterocycles. The normalized spacial score (nSPS) is 14.0. The number of imide groups is 1. The topological polar surface area (TPSA) is 49.4 Å². The van der Waals surface area contributed by atoms with Gasteiger partial charge in [0.15, 0.2) is 0 Å². The highest BCUT2D eigenvalue weighted by atomic mass is 32.2. The molecule has 0 bridgehead atoms. The molecule has 0 unspecified atom stereocenters. The molecular weight excluding hydrogens is 368 g/mol. The first-order chi connectivity index (χ1) is 13.6. The maximum Gasteiger partial charge on any atom is 0.283 e. The van der Waals surface area contributed by atoms with Gasteiger partial charge < -0.3 is 5.32 Å². The van der Waals surface area contributed by atoms with Gasteiger partial charge in [0.05, 0.1) is 5.69 Å². The summed E-state index contributed by atoms with van der Waals surface area (Å²) in [6, 6.07) is 26.3. The van der Waals surface area contributed by atoms with Gasteiger partial charge in [0.2, 0.25) is 0 Å². The standard InChI is InChI=1S/C23H18N2O2S/c1-16-12-14-19(15-13-16)28-21-20(24-17-8-4-2-5-9-17)22(26)25(23(21)27)18-10-6-3-7-11-18/h2-15,24H,1H3. The van der Waals surface area contributed by atoms with E-state index in [1.807, 2.05) is 79.7 Å². The summed E-state index contributed by atoms with van der Waals surface area (Å²) in [5.41, 5.74) is 2.76. The van der Waals surface area contributed by atoms with Crippen LogP contribution in [0, 0.1) is 6.92 Å². The van der Waals surface area contributed by atoms with Crippen LogP contribution < -0.4 is 10.2 Å². The Bertz CT molecular complexity index is 1040. The average Bonchev–Trinajstić information content (AvgIpc) is 2.95. The van der Waals surface area contributed by atoms with Crippen LogP contribution in [-0.4, -0.2) is 11.8 Å². The zero-order chi connectivity index (χ0) is 19.5. The van der Waals surface area contributed by atoms with Gasteiger partial charge in [-0.15, -0.1) is 0 Å². The molecule has 0 fully saturated rings. The van der Waals surface area contributed by atoms with E-state index in [2.05, 4.69) is 5.32 Å². The van der Waals surface area contributed by atoms with Crippen molar-refractivity contribution in [1.82, 2.24) is 0 Å². The number of hydrogen-bond acceptors (Lipinski definition) is 4. The molecule has 3 aromatic carbocycles. The number of amides is 2.